The van der Waals surface area contributed by atoms with Gasteiger partial charge in [0, 0.05) is 6.42 Å². The lowest BCUT2D eigenvalue weighted by Crippen LogP contribution is -2.36. The fourth-order valence-electron chi connectivity index (χ4n) is 1.82. The average Bonchev–Trinajstić information content (AvgIpc) is 2.71. The fraction of sp³-hybridized carbons (Fsp3) is 0.357. The number of oxime groups is 2. The van der Waals surface area contributed by atoms with Gasteiger partial charge in [0.2, 0.25) is 5.60 Å². The molecule has 0 aliphatic carbocycles. The van der Waals surface area contributed by atoms with Crippen LogP contribution in [0, 0.1) is 6.92 Å². The largest absolute Gasteiger partial charge is 0.381 e. The van der Waals surface area contributed by atoms with Gasteiger partial charge in [-0.25, -0.2) is 4.79 Å². The van der Waals surface area contributed by atoms with Gasteiger partial charge in [-0.2, -0.15) is 0 Å². The quantitative estimate of drug-likeness (QED) is 0.476. The Hall–Kier alpha value is -2.17. The Kier molecular flexibility index (Phi) is 3.64. The smallest absolute Gasteiger partial charge is 0.377 e. The summed E-state index contributed by atoms with van der Waals surface area (Å²) in [6.07, 6.45) is 1.92. The van der Waals surface area contributed by atoms with E-state index in [1.54, 1.807) is 13.8 Å². The van der Waals surface area contributed by atoms with Crippen LogP contribution in [0.1, 0.15) is 31.4 Å². The molecule has 0 saturated heterocycles. The van der Waals surface area contributed by atoms with Crippen LogP contribution in [0.3, 0.4) is 0 Å². The van der Waals surface area contributed by atoms with Crippen LogP contribution in [0.25, 0.3) is 0 Å². The molecule has 0 radical (unpaired) electrons. The minimum Gasteiger partial charge on any atom is -0.377 e. The van der Waals surface area contributed by atoms with Crippen molar-refractivity contribution < 1.29 is 14.5 Å². The van der Waals surface area contributed by atoms with Gasteiger partial charge in [0.15, 0.2) is 0 Å². The normalized spacial score (nSPS) is 22.2. The van der Waals surface area contributed by atoms with E-state index < -0.39 is 11.6 Å². The second-order valence-electron chi connectivity index (χ2n) is 4.85. The summed E-state index contributed by atoms with van der Waals surface area (Å²) in [5.41, 5.74) is 1.69. The zero-order valence-electron chi connectivity index (χ0n) is 11.2. The molecule has 2 rings (SSSR count). The first-order valence-corrected chi connectivity index (χ1v) is 6.03. The second-order valence-corrected chi connectivity index (χ2v) is 4.85. The minimum absolute atomic E-state index is 0.422. The van der Waals surface area contributed by atoms with Crippen LogP contribution >= 0.6 is 0 Å². The lowest BCUT2D eigenvalue weighted by molar-refractivity contribution is -0.167. The van der Waals surface area contributed by atoms with Gasteiger partial charge in [0.1, 0.15) is 0 Å². The third-order valence-electron chi connectivity index (χ3n) is 2.81. The Morgan fingerprint density at radius 3 is 2.95 bits per heavy atom. The lowest BCUT2D eigenvalue weighted by atomic mass is 10.0. The molecule has 1 aliphatic rings. The molecule has 0 aromatic heterocycles. The first kappa shape index (κ1) is 13.3. The second kappa shape index (κ2) is 5.22. The van der Waals surface area contributed by atoms with E-state index in [-0.39, 0.29) is 0 Å². The third kappa shape index (κ3) is 3.19. The number of carbonyl (C=O) groups is 1. The van der Waals surface area contributed by atoms with Gasteiger partial charge >= 0.3 is 5.97 Å². The Labute approximate surface area is 111 Å². The minimum atomic E-state index is -1.06. The maximum absolute atomic E-state index is 11.8. The summed E-state index contributed by atoms with van der Waals surface area (Å²) >= 11 is 0. The van der Waals surface area contributed by atoms with Crippen molar-refractivity contribution in [3.05, 3.63) is 35.4 Å². The van der Waals surface area contributed by atoms with Crippen molar-refractivity contribution >= 4 is 17.9 Å². The van der Waals surface area contributed by atoms with Crippen molar-refractivity contribution in [2.24, 2.45) is 10.3 Å². The van der Waals surface area contributed by atoms with Crippen LogP contribution in [0.15, 0.2) is 34.6 Å². The number of carbonyl (C=O) groups excluding carboxylic acids is 1. The van der Waals surface area contributed by atoms with Crippen LogP contribution in [0.5, 0.6) is 0 Å². The van der Waals surface area contributed by atoms with Crippen molar-refractivity contribution in [2.75, 3.05) is 0 Å². The van der Waals surface area contributed by atoms with Crippen LogP contribution in [-0.2, 0) is 14.5 Å². The molecule has 1 aromatic rings. The van der Waals surface area contributed by atoms with Gasteiger partial charge in [-0.1, -0.05) is 40.1 Å². The summed E-state index contributed by atoms with van der Waals surface area (Å²) in [6.45, 7) is 5.42. The van der Waals surface area contributed by atoms with Crippen LogP contribution < -0.4 is 0 Å². The molecule has 0 spiro atoms. The van der Waals surface area contributed by atoms with Crippen LogP contribution in [0.4, 0.5) is 0 Å². The number of rotatable bonds is 3. The Morgan fingerprint density at radius 1 is 1.53 bits per heavy atom. The van der Waals surface area contributed by atoms with E-state index in [1.165, 1.54) is 6.21 Å². The van der Waals surface area contributed by atoms with Crippen LogP contribution in [0.2, 0.25) is 0 Å². The standard InChI is InChI=1S/C14H16N2O3/c1-10-5-4-6-12(7-10)9-15-18-13(17)14(3)8-11(2)16-19-14/h4-7,9H,8H2,1-3H3/b15-9+. The van der Waals surface area contributed by atoms with E-state index in [4.69, 9.17) is 9.68 Å². The van der Waals surface area contributed by atoms with Gasteiger partial charge in [0.25, 0.3) is 0 Å². The topological polar surface area (TPSA) is 60.2 Å². The summed E-state index contributed by atoms with van der Waals surface area (Å²) in [4.78, 5) is 21.8. The highest BCUT2D eigenvalue weighted by Crippen LogP contribution is 2.24. The van der Waals surface area contributed by atoms with Gasteiger partial charge in [-0.05, 0) is 26.3 Å². The summed E-state index contributed by atoms with van der Waals surface area (Å²) in [7, 11) is 0. The molecule has 0 saturated carbocycles. The molecule has 1 aromatic carbocycles. The summed E-state index contributed by atoms with van der Waals surface area (Å²) in [5.74, 6) is -0.544. The predicted molar refractivity (Wildman–Crippen MR) is 72.1 cm³/mol. The molecule has 0 fully saturated rings. The van der Waals surface area contributed by atoms with E-state index in [1.807, 2.05) is 31.2 Å². The highest BCUT2D eigenvalue weighted by atomic mass is 16.7. The molecule has 1 unspecified atom stereocenters. The van der Waals surface area contributed by atoms with Gasteiger partial charge in [-0.3, -0.25) is 0 Å². The van der Waals surface area contributed by atoms with Gasteiger partial charge in [-0.15, -0.1) is 0 Å². The van der Waals surface area contributed by atoms with E-state index in [2.05, 4.69) is 10.3 Å². The fourth-order valence-corrected chi connectivity index (χ4v) is 1.82. The average molecular weight is 260 g/mol. The SMILES string of the molecule is CC1=NOC(C)(C(=O)O/N=C/c2cccc(C)c2)C1. The van der Waals surface area contributed by atoms with E-state index >= 15 is 0 Å². The molecular formula is C14H16N2O3. The molecule has 1 heterocycles. The molecule has 0 amide bonds. The molecular weight excluding hydrogens is 244 g/mol. The maximum atomic E-state index is 11.8. The van der Waals surface area contributed by atoms with Crippen molar-refractivity contribution in [3.63, 3.8) is 0 Å². The van der Waals surface area contributed by atoms with Crippen molar-refractivity contribution in [1.82, 2.24) is 0 Å². The van der Waals surface area contributed by atoms with Crippen molar-refractivity contribution in [2.45, 2.75) is 32.8 Å². The van der Waals surface area contributed by atoms with Gasteiger partial charge < -0.3 is 9.68 Å². The van der Waals surface area contributed by atoms with E-state index in [0.29, 0.717) is 6.42 Å². The molecule has 5 heteroatoms. The van der Waals surface area contributed by atoms with Gasteiger partial charge in [0.05, 0.1) is 11.9 Å². The first-order valence-electron chi connectivity index (χ1n) is 6.03. The molecule has 19 heavy (non-hydrogen) atoms. The molecule has 1 aliphatic heterocycles. The zero-order chi connectivity index (χ0) is 13.9. The molecule has 5 nitrogen and oxygen atoms in total. The Balaban J connectivity index is 1.94. The molecule has 0 N–H and O–H groups in total. The summed E-state index contributed by atoms with van der Waals surface area (Å²) in [6, 6.07) is 7.72. The third-order valence-corrected chi connectivity index (χ3v) is 2.81. The highest BCUT2D eigenvalue weighted by molar-refractivity contribution is 5.92. The lowest BCUT2D eigenvalue weighted by Gasteiger charge is -2.16. The Morgan fingerprint density at radius 2 is 2.32 bits per heavy atom. The van der Waals surface area contributed by atoms with Crippen molar-refractivity contribution in [1.29, 1.82) is 0 Å². The van der Waals surface area contributed by atoms with E-state index in [0.717, 1.165) is 16.8 Å². The van der Waals surface area contributed by atoms with Crippen molar-refractivity contribution in [3.8, 4) is 0 Å². The first-order chi connectivity index (χ1) is 8.99. The number of nitrogens with zero attached hydrogens (tertiary/aromatic N) is 2. The molecule has 1 atom stereocenters. The molecule has 100 valence electrons. The highest BCUT2D eigenvalue weighted by Gasteiger charge is 2.42. The summed E-state index contributed by atoms with van der Waals surface area (Å²) < 4.78 is 0. The maximum Gasteiger partial charge on any atom is 0.381 e. The van der Waals surface area contributed by atoms with E-state index in [9.17, 15) is 4.79 Å². The number of benzene rings is 1. The molecule has 0 bridgehead atoms. The Bertz CT molecular complexity index is 551. The number of hydrogen-bond acceptors (Lipinski definition) is 5. The number of aryl methyl sites for hydroxylation is 1. The monoisotopic (exact) mass is 260 g/mol. The van der Waals surface area contributed by atoms with Crippen LogP contribution in [-0.4, -0.2) is 23.5 Å². The predicted octanol–water partition coefficient (Wildman–Crippen LogP) is 2.43. The zero-order valence-corrected chi connectivity index (χ0v) is 11.2. The summed E-state index contributed by atoms with van der Waals surface area (Å²) in [5, 5.41) is 7.44. The number of hydrogen-bond donors (Lipinski definition) is 0.